The predicted octanol–water partition coefficient (Wildman–Crippen LogP) is 3.64. The molecule has 0 radical (unpaired) electrons. The van der Waals surface area contributed by atoms with Crippen molar-refractivity contribution in [1.29, 1.82) is 0 Å². The molecule has 114 valence electrons. The van der Waals surface area contributed by atoms with Crippen molar-refractivity contribution in [1.82, 2.24) is 15.1 Å². The van der Waals surface area contributed by atoms with Crippen LogP contribution in [0.25, 0.3) is 5.69 Å². The van der Waals surface area contributed by atoms with Crippen molar-refractivity contribution in [3.63, 3.8) is 0 Å². The van der Waals surface area contributed by atoms with Crippen LogP contribution in [0.5, 0.6) is 5.75 Å². The average molecular weight is 287 g/mol. The van der Waals surface area contributed by atoms with E-state index in [1.54, 1.807) is 0 Å². The summed E-state index contributed by atoms with van der Waals surface area (Å²) in [5.74, 6) is 0.893. The average Bonchev–Trinajstić information content (AvgIpc) is 2.88. The van der Waals surface area contributed by atoms with Crippen molar-refractivity contribution < 1.29 is 4.74 Å². The van der Waals surface area contributed by atoms with Crippen LogP contribution in [0.2, 0.25) is 0 Å². The molecular formula is C17H25N3O. The van der Waals surface area contributed by atoms with Crippen LogP contribution < -0.4 is 10.1 Å². The van der Waals surface area contributed by atoms with Gasteiger partial charge >= 0.3 is 0 Å². The van der Waals surface area contributed by atoms with Crippen molar-refractivity contribution in [2.45, 2.75) is 40.2 Å². The molecule has 21 heavy (non-hydrogen) atoms. The fraction of sp³-hybridized carbons (Fsp3) is 0.471. The fourth-order valence-electron chi connectivity index (χ4n) is 2.43. The standard InChI is InChI=1S/C17H25N3O/c1-5-11-18-13(3)17-12-19-20(14(17)4)15-7-9-16(10-8-15)21-6-2/h7-10,12-13,18H,5-6,11H2,1-4H3. The van der Waals surface area contributed by atoms with Gasteiger partial charge in [0.15, 0.2) is 0 Å². The third kappa shape index (κ3) is 3.64. The van der Waals surface area contributed by atoms with E-state index in [9.17, 15) is 0 Å². The molecule has 0 bridgehead atoms. The zero-order valence-corrected chi connectivity index (χ0v) is 13.4. The van der Waals surface area contributed by atoms with E-state index < -0.39 is 0 Å². The Hall–Kier alpha value is -1.81. The van der Waals surface area contributed by atoms with Crippen LogP contribution in [0, 0.1) is 6.92 Å². The van der Waals surface area contributed by atoms with Gasteiger partial charge in [-0.2, -0.15) is 5.10 Å². The molecule has 2 rings (SSSR count). The largest absolute Gasteiger partial charge is 0.494 e. The van der Waals surface area contributed by atoms with E-state index in [1.807, 2.05) is 42.1 Å². The normalized spacial score (nSPS) is 12.4. The molecule has 1 unspecified atom stereocenters. The van der Waals surface area contributed by atoms with Gasteiger partial charge < -0.3 is 10.1 Å². The Morgan fingerprint density at radius 3 is 2.57 bits per heavy atom. The van der Waals surface area contributed by atoms with Gasteiger partial charge in [0.1, 0.15) is 5.75 Å². The summed E-state index contributed by atoms with van der Waals surface area (Å²) in [5, 5.41) is 8.03. The Labute approximate surface area is 127 Å². The first-order valence-electron chi connectivity index (χ1n) is 7.68. The van der Waals surface area contributed by atoms with Crippen molar-refractivity contribution in [2.75, 3.05) is 13.2 Å². The minimum Gasteiger partial charge on any atom is -0.494 e. The maximum Gasteiger partial charge on any atom is 0.119 e. The van der Waals surface area contributed by atoms with Crippen LogP contribution in [0.15, 0.2) is 30.5 Å². The predicted molar refractivity (Wildman–Crippen MR) is 86.2 cm³/mol. The summed E-state index contributed by atoms with van der Waals surface area (Å²) in [7, 11) is 0. The Morgan fingerprint density at radius 2 is 1.95 bits per heavy atom. The number of hydrogen-bond acceptors (Lipinski definition) is 3. The van der Waals surface area contributed by atoms with Crippen LogP contribution in [-0.2, 0) is 0 Å². The van der Waals surface area contributed by atoms with Crippen LogP contribution in [0.1, 0.15) is 44.5 Å². The molecule has 4 heteroatoms. The third-order valence-electron chi connectivity index (χ3n) is 3.61. The summed E-state index contributed by atoms with van der Waals surface area (Å²) in [4.78, 5) is 0. The molecule has 1 aromatic heterocycles. The summed E-state index contributed by atoms with van der Waals surface area (Å²) in [6, 6.07) is 8.37. The highest BCUT2D eigenvalue weighted by atomic mass is 16.5. The second-order valence-corrected chi connectivity index (χ2v) is 5.20. The first-order valence-corrected chi connectivity index (χ1v) is 7.68. The number of rotatable bonds is 7. The quantitative estimate of drug-likeness (QED) is 0.845. The first-order chi connectivity index (χ1) is 10.2. The van der Waals surface area contributed by atoms with Gasteiger partial charge in [0, 0.05) is 17.3 Å². The van der Waals surface area contributed by atoms with Gasteiger partial charge in [0.05, 0.1) is 18.5 Å². The molecule has 0 saturated heterocycles. The smallest absolute Gasteiger partial charge is 0.119 e. The summed E-state index contributed by atoms with van der Waals surface area (Å²) >= 11 is 0. The summed E-state index contributed by atoms with van der Waals surface area (Å²) in [5.41, 5.74) is 3.48. The van der Waals surface area contributed by atoms with E-state index >= 15 is 0 Å². The minimum atomic E-state index is 0.321. The zero-order valence-electron chi connectivity index (χ0n) is 13.4. The maximum atomic E-state index is 5.48. The molecule has 1 N–H and O–H groups in total. The molecule has 0 aliphatic heterocycles. The van der Waals surface area contributed by atoms with Gasteiger partial charge in [-0.3, -0.25) is 0 Å². The second-order valence-electron chi connectivity index (χ2n) is 5.20. The number of benzene rings is 1. The van der Waals surface area contributed by atoms with Gasteiger partial charge in [-0.1, -0.05) is 6.92 Å². The molecule has 1 heterocycles. The molecule has 0 saturated carbocycles. The van der Waals surface area contributed by atoms with E-state index in [1.165, 1.54) is 11.3 Å². The van der Waals surface area contributed by atoms with Gasteiger partial charge in [0.25, 0.3) is 0 Å². The number of nitrogens with zero attached hydrogens (tertiary/aromatic N) is 2. The topological polar surface area (TPSA) is 39.1 Å². The second kappa shape index (κ2) is 7.27. The van der Waals surface area contributed by atoms with Gasteiger partial charge in [-0.25, -0.2) is 4.68 Å². The Morgan fingerprint density at radius 1 is 1.24 bits per heavy atom. The monoisotopic (exact) mass is 287 g/mol. The summed E-state index contributed by atoms with van der Waals surface area (Å²) < 4.78 is 7.46. The first kappa shape index (κ1) is 15.6. The minimum absolute atomic E-state index is 0.321. The van der Waals surface area contributed by atoms with Gasteiger partial charge in [0.2, 0.25) is 0 Å². The summed E-state index contributed by atoms with van der Waals surface area (Å²) in [6.45, 7) is 10.2. The van der Waals surface area contributed by atoms with E-state index in [0.29, 0.717) is 12.6 Å². The van der Waals surface area contributed by atoms with E-state index in [2.05, 4.69) is 31.2 Å². The molecule has 0 aliphatic rings. The van der Waals surface area contributed by atoms with E-state index in [0.717, 1.165) is 24.4 Å². The van der Waals surface area contributed by atoms with Crippen molar-refractivity contribution in [2.24, 2.45) is 0 Å². The lowest BCUT2D eigenvalue weighted by Gasteiger charge is -2.13. The molecule has 4 nitrogen and oxygen atoms in total. The van der Waals surface area contributed by atoms with Crippen molar-refractivity contribution in [3.05, 3.63) is 41.7 Å². The van der Waals surface area contributed by atoms with Crippen LogP contribution in [-0.4, -0.2) is 22.9 Å². The molecule has 1 atom stereocenters. The molecule has 0 fully saturated rings. The molecule has 2 aromatic rings. The highest BCUT2D eigenvalue weighted by molar-refractivity contribution is 5.39. The van der Waals surface area contributed by atoms with Crippen LogP contribution in [0.4, 0.5) is 0 Å². The molecule has 0 spiro atoms. The highest BCUT2D eigenvalue weighted by Crippen LogP contribution is 2.21. The SMILES string of the molecule is CCCNC(C)c1cnn(-c2ccc(OCC)cc2)c1C. The Balaban J connectivity index is 2.19. The number of nitrogens with one attached hydrogen (secondary N) is 1. The highest BCUT2D eigenvalue weighted by Gasteiger charge is 2.13. The lowest BCUT2D eigenvalue weighted by Crippen LogP contribution is -2.19. The Kier molecular flexibility index (Phi) is 5.39. The molecule has 0 amide bonds. The number of hydrogen-bond donors (Lipinski definition) is 1. The van der Waals surface area contributed by atoms with Crippen molar-refractivity contribution >= 4 is 0 Å². The lowest BCUT2D eigenvalue weighted by molar-refractivity contribution is 0.340. The van der Waals surface area contributed by atoms with Gasteiger partial charge in [-0.15, -0.1) is 0 Å². The maximum absolute atomic E-state index is 5.48. The molecule has 0 aliphatic carbocycles. The lowest BCUT2D eigenvalue weighted by atomic mass is 10.1. The zero-order chi connectivity index (χ0) is 15.2. The summed E-state index contributed by atoms with van der Waals surface area (Å²) in [6.07, 6.45) is 3.09. The number of ether oxygens (including phenoxy) is 1. The Bertz CT molecular complexity index is 560. The van der Waals surface area contributed by atoms with Gasteiger partial charge in [-0.05, 0) is 58.0 Å². The van der Waals surface area contributed by atoms with Crippen molar-refractivity contribution in [3.8, 4) is 11.4 Å². The van der Waals surface area contributed by atoms with E-state index in [-0.39, 0.29) is 0 Å². The molecule has 1 aromatic carbocycles. The molecular weight excluding hydrogens is 262 g/mol. The van der Waals surface area contributed by atoms with E-state index in [4.69, 9.17) is 4.74 Å². The fourth-order valence-corrected chi connectivity index (χ4v) is 2.43. The third-order valence-corrected chi connectivity index (χ3v) is 3.61. The van der Waals surface area contributed by atoms with Crippen LogP contribution in [0.3, 0.4) is 0 Å². The van der Waals surface area contributed by atoms with Crippen LogP contribution >= 0.6 is 0 Å². The number of aromatic nitrogens is 2.